The number of amides is 1. The van der Waals surface area contributed by atoms with Crippen LogP contribution in [0.25, 0.3) is 0 Å². The molecule has 0 aromatic carbocycles. The Morgan fingerprint density at radius 2 is 1.72 bits per heavy atom. The summed E-state index contributed by atoms with van der Waals surface area (Å²) in [7, 11) is 1.30. The van der Waals surface area contributed by atoms with Crippen molar-refractivity contribution in [3.63, 3.8) is 0 Å². The van der Waals surface area contributed by atoms with Gasteiger partial charge in [0.1, 0.15) is 5.60 Å². The number of ether oxygens (including phenoxy) is 2. The van der Waals surface area contributed by atoms with Crippen molar-refractivity contribution >= 4 is 12.1 Å². The van der Waals surface area contributed by atoms with Gasteiger partial charge in [0.05, 0.1) is 6.54 Å². The molecule has 0 aliphatic rings. The van der Waals surface area contributed by atoms with Gasteiger partial charge < -0.3 is 19.5 Å². The molecule has 0 bridgehead atoms. The summed E-state index contributed by atoms with van der Waals surface area (Å²) >= 11 is 0. The SMILES string of the molecule is CCN(CC(C)(OC)C(=O)O)C(=O)OC(C)(C)C. The predicted octanol–water partition coefficient (Wildman–Crippen LogP) is 1.73. The van der Waals surface area contributed by atoms with Crippen molar-refractivity contribution in [1.29, 1.82) is 0 Å². The molecule has 0 radical (unpaired) electrons. The summed E-state index contributed by atoms with van der Waals surface area (Å²) in [6, 6.07) is 0. The maximum atomic E-state index is 11.9. The molecular weight excluding hydrogens is 238 g/mol. The summed E-state index contributed by atoms with van der Waals surface area (Å²) in [5.41, 5.74) is -2.05. The molecule has 0 saturated carbocycles. The highest BCUT2D eigenvalue weighted by molar-refractivity contribution is 5.78. The van der Waals surface area contributed by atoms with Gasteiger partial charge in [0, 0.05) is 13.7 Å². The lowest BCUT2D eigenvalue weighted by Crippen LogP contribution is -2.51. The van der Waals surface area contributed by atoms with Gasteiger partial charge >= 0.3 is 12.1 Å². The molecule has 0 aromatic rings. The molecule has 0 fully saturated rings. The Morgan fingerprint density at radius 1 is 1.22 bits per heavy atom. The minimum Gasteiger partial charge on any atom is -0.479 e. The largest absolute Gasteiger partial charge is 0.479 e. The van der Waals surface area contributed by atoms with Crippen LogP contribution in [0, 0.1) is 0 Å². The van der Waals surface area contributed by atoms with Crippen LogP contribution in [0.4, 0.5) is 4.79 Å². The molecular formula is C12H23NO5. The number of nitrogens with zero attached hydrogens (tertiary/aromatic N) is 1. The summed E-state index contributed by atoms with van der Waals surface area (Å²) in [6.45, 7) is 8.72. The number of carbonyl (C=O) groups excluding carboxylic acids is 1. The Bertz CT molecular complexity index is 310. The number of aliphatic carboxylic acids is 1. The van der Waals surface area contributed by atoms with Gasteiger partial charge in [-0.05, 0) is 34.6 Å². The smallest absolute Gasteiger partial charge is 0.410 e. The summed E-state index contributed by atoms with van der Waals surface area (Å²) in [6.07, 6.45) is -0.547. The molecule has 0 aliphatic heterocycles. The molecule has 0 spiro atoms. The van der Waals surface area contributed by atoms with Crippen molar-refractivity contribution in [2.75, 3.05) is 20.2 Å². The van der Waals surface area contributed by atoms with Gasteiger partial charge in [0.2, 0.25) is 0 Å². The zero-order valence-electron chi connectivity index (χ0n) is 11.9. The molecule has 18 heavy (non-hydrogen) atoms. The fraction of sp³-hybridized carbons (Fsp3) is 0.833. The van der Waals surface area contributed by atoms with E-state index in [0.29, 0.717) is 6.54 Å². The van der Waals surface area contributed by atoms with Crippen LogP contribution in [0.1, 0.15) is 34.6 Å². The Labute approximate surface area is 108 Å². The van der Waals surface area contributed by atoms with E-state index in [-0.39, 0.29) is 6.54 Å². The van der Waals surface area contributed by atoms with E-state index >= 15 is 0 Å². The first kappa shape index (κ1) is 16.7. The van der Waals surface area contributed by atoms with Crippen LogP contribution >= 0.6 is 0 Å². The average molecular weight is 261 g/mol. The second-order valence-electron chi connectivity index (χ2n) is 5.23. The quantitative estimate of drug-likeness (QED) is 0.815. The molecule has 0 heterocycles. The minimum atomic E-state index is -1.44. The van der Waals surface area contributed by atoms with E-state index in [9.17, 15) is 9.59 Å². The highest BCUT2D eigenvalue weighted by Crippen LogP contribution is 2.15. The normalized spacial score (nSPS) is 14.8. The molecule has 0 aliphatic carbocycles. The number of carbonyl (C=O) groups is 2. The number of carboxylic acids is 1. The standard InChI is InChI=1S/C12H23NO5/c1-7-13(10(16)18-11(2,3)4)8-12(5,17-6)9(14)15/h7-8H2,1-6H3,(H,14,15). The van der Waals surface area contributed by atoms with Crippen molar-refractivity contribution in [3.05, 3.63) is 0 Å². The summed E-state index contributed by atoms with van der Waals surface area (Å²) < 4.78 is 10.2. The van der Waals surface area contributed by atoms with Crippen LogP contribution in [-0.4, -0.2) is 53.5 Å². The van der Waals surface area contributed by atoms with Crippen LogP contribution < -0.4 is 0 Å². The molecule has 0 aromatic heterocycles. The van der Waals surface area contributed by atoms with Crippen LogP contribution in [0.5, 0.6) is 0 Å². The molecule has 106 valence electrons. The van der Waals surface area contributed by atoms with Gasteiger partial charge in [-0.15, -0.1) is 0 Å². The summed E-state index contributed by atoms with van der Waals surface area (Å²) in [5.74, 6) is -1.12. The third-order valence-corrected chi connectivity index (χ3v) is 2.43. The van der Waals surface area contributed by atoms with E-state index in [0.717, 1.165) is 0 Å². The maximum absolute atomic E-state index is 11.9. The van der Waals surface area contributed by atoms with E-state index in [1.54, 1.807) is 27.7 Å². The van der Waals surface area contributed by atoms with Crippen molar-refractivity contribution in [2.45, 2.75) is 45.8 Å². The number of methoxy groups -OCH3 is 1. The van der Waals surface area contributed by atoms with Gasteiger partial charge in [0.15, 0.2) is 5.60 Å². The fourth-order valence-electron chi connectivity index (χ4n) is 1.22. The first-order valence-corrected chi connectivity index (χ1v) is 5.82. The average Bonchev–Trinajstić information content (AvgIpc) is 2.22. The van der Waals surface area contributed by atoms with Crippen LogP contribution in [0.3, 0.4) is 0 Å². The van der Waals surface area contributed by atoms with E-state index in [4.69, 9.17) is 14.6 Å². The van der Waals surface area contributed by atoms with Crippen LogP contribution in [0.2, 0.25) is 0 Å². The lowest BCUT2D eigenvalue weighted by atomic mass is 10.1. The fourth-order valence-corrected chi connectivity index (χ4v) is 1.22. The van der Waals surface area contributed by atoms with Crippen LogP contribution in [-0.2, 0) is 14.3 Å². The molecule has 1 unspecified atom stereocenters. The van der Waals surface area contributed by atoms with Crippen molar-refractivity contribution in [2.24, 2.45) is 0 Å². The molecule has 0 saturated heterocycles. The molecule has 6 nitrogen and oxygen atoms in total. The zero-order valence-corrected chi connectivity index (χ0v) is 11.9. The van der Waals surface area contributed by atoms with E-state index in [2.05, 4.69) is 0 Å². The van der Waals surface area contributed by atoms with Crippen molar-refractivity contribution in [3.8, 4) is 0 Å². The highest BCUT2D eigenvalue weighted by Gasteiger charge is 2.37. The topological polar surface area (TPSA) is 76.1 Å². The Balaban J connectivity index is 4.80. The Morgan fingerprint density at radius 3 is 2.00 bits per heavy atom. The van der Waals surface area contributed by atoms with E-state index < -0.39 is 23.3 Å². The monoisotopic (exact) mass is 261 g/mol. The Kier molecular flexibility index (Phi) is 5.60. The number of hydrogen-bond acceptors (Lipinski definition) is 4. The Hall–Kier alpha value is -1.30. The van der Waals surface area contributed by atoms with E-state index in [1.807, 2.05) is 0 Å². The minimum absolute atomic E-state index is 0.0652. The molecule has 0 rings (SSSR count). The lowest BCUT2D eigenvalue weighted by molar-refractivity contribution is -0.161. The highest BCUT2D eigenvalue weighted by atomic mass is 16.6. The van der Waals surface area contributed by atoms with E-state index in [1.165, 1.54) is 18.9 Å². The summed E-state index contributed by atoms with van der Waals surface area (Å²) in [5, 5.41) is 9.09. The third kappa shape index (κ3) is 4.91. The number of rotatable bonds is 5. The van der Waals surface area contributed by atoms with Crippen molar-refractivity contribution < 1.29 is 24.2 Å². The van der Waals surface area contributed by atoms with Gasteiger partial charge in [0.25, 0.3) is 0 Å². The second-order valence-corrected chi connectivity index (χ2v) is 5.23. The van der Waals surface area contributed by atoms with Crippen molar-refractivity contribution in [1.82, 2.24) is 4.90 Å². The van der Waals surface area contributed by atoms with Gasteiger partial charge in [-0.25, -0.2) is 9.59 Å². The second kappa shape index (κ2) is 6.04. The van der Waals surface area contributed by atoms with Crippen LogP contribution in [0.15, 0.2) is 0 Å². The van der Waals surface area contributed by atoms with Gasteiger partial charge in [-0.3, -0.25) is 0 Å². The maximum Gasteiger partial charge on any atom is 0.410 e. The molecule has 1 N–H and O–H groups in total. The summed E-state index contributed by atoms with van der Waals surface area (Å²) in [4.78, 5) is 24.3. The molecule has 1 amide bonds. The molecule has 1 atom stereocenters. The number of hydrogen-bond donors (Lipinski definition) is 1. The number of carboxylic acid groups (broad SMARTS) is 1. The van der Waals surface area contributed by atoms with Gasteiger partial charge in [-0.1, -0.05) is 0 Å². The lowest BCUT2D eigenvalue weighted by Gasteiger charge is -2.32. The third-order valence-electron chi connectivity index (χ3n) is 2.43. The zero-order chi connectivity index (χ0) is 14.6. The number of likely N-dealkylation sites (N-methyl/N-ethyl adjacent to an activating group) is 1. The van der Waals surface area contributed by atoms with Gasteiger partial charge in [-0.2, -0.15) is 0 Å². The first-order chi connectivity index (χ1) is 8.05. The molecule has 6 heteroatoms. The predicted molar refractivity (Wildman–Crippen MR) is 66.5 cm³/mol. The first-order valence-electron chi connectivity index (χ1n) is 5.82.